The maximum atomic E-state index is 14.8. The minimum absolute atomic E-state index is 0.0122. The van der Waals surface area contributed by atoms with Crippen LogP contribution < -0.4 is 25.7 Å². The molecule has 8 rings (SSSR count). The molecule has 3 aliphatic rings. The van der Waals surface area contributed by atoms with Crippen molar-refractivity contribution in [2.24, 2.45) is 0 Å². The average molecular weight is 855 g/mol. The third-order valence-corrected chi connectivity index (χ3v) is 18.4. The number of ether oxygens (including phenoxy) is 2. The molecule has 60 heavy (non-hydrogen) atoms. The number of halogens is 1. The topological polar surface area (TPSA) is 162 Å². The van der Waals surface area contributed by atoms with Crippen LogP contribution in [0, 0.1) is 11.3 Å². The van der Waals surface area contributed by atoms with Gasteiger partial charge < -0.3 is 29.1 Å². The minimum Gasteiger partial charge on any atom is -0.459 e. The van der Waals surface area contributed by atoms with Gasteiger partial charge >= 0.3 is 6.01 Å². The van der Waals surface area contributed by atoms with Crippen molar-refractivity contribution < 1.29 is 26.9 Å². The summed E-state index contributed by atoms with van der Waals surface area (Å²) in [5, 5.41) is 16.8. The van der Waals surface area contributed by atoms with Crippen LogP contribution in [-0.2, 0) is 21.0 Å². The van der Waals surface area contributed by atoms with E-state index in [0.29, 0.717) is 30.1 Å². The largest absolute Gasteiger partial charge is 0.459 e. The molecule has 2 fully saturated rings. The Balaban J connectivity index is 1.22. The average Bonchev–Trinajstić information content (AvgIpc) is 3.93. The maximum absolute atomic E-state index is 14.8. The molecule has 3 aromatic heterocycles. The van der Waals surface area contributed by atoms with E-state index in [-0.39, 0.29) is 60.7 Å². The summed E-state index contributed by atoms with van der Waals surface area (Å²) >= 11 is 1.40. The predicted octanol–water partition coefficient (Wildman–Crippen LogP) is 6.06. The Kier molecular flexibility index (Phi) is 10.3. The van der Waals surface area contributed by atoms with Crippen LogP contribution >= 0.6 is 11.3 Å². The fraction of sp³-hybridized carbons (Fsp3) is 0.500. The molecule has 2 N–H and O–H groups in total. The predicted molar refractivity (Wildman–Crippen MR) is 232 cm³/mol. The fourth-order valence-electron chi connectivity index (χ4n) is 9.24. The third kappa shape index (κ3) is 7.70. The zero-order chi connectivity index (χ0) is 45.0. The molecule has 0 saturated carbocycles. The van der Waals surface area contributed by atoms with Crippen molar-refractivity contribution in [1.29, 1.82) is 5.26 Å². The number of nitrogens with zero attached hydrogens (tertiary/aromatic N) is 8. The number of benzene rings is 2. The van der Waals surface area contributed by atoms with Crippen molar-refractivity contribution in [2.75, 3.05) is 50.5 Å². The number of anilines is 2. The lowest BCUT2D eigenvalue weighted by molar-refractivity contribution is -0.000402. The molecule has 0 radical (unpaired) electrons. The number of rotatable bonds is 10. The molecule has 5 heterocycles. The fourth-order valence-corrected chi connectivity index (χ4v) is 15.2. The molecule has 13 nitrogen and oxygen atoms in total. The number of nitrogens with two attached hydrogens (primary N) is 1. The molecule has 2 aliphatic heterocycles. The molecule has 0 spiro atoms. The normalized spacial score (nSPS) is 25.4. The number of fused-ring (bicyclic) bond motifs is 1. The number of alkyl halides is 1. The number of nitrogen functional groups attached to an aromatic ring is 1. The standard InChI is InChI=1S/C44H54FN9O4SSi/c1-28(33-23-29(45)25-53(33)7)56-41-50-37(38-48-39(57-52-38)44(6)20-14-19-34-35(44)32(24-46)36(47)59-34)49-40(51-41)54-21-22-55-27-43(5,26-54)58-60(42(2,3)4,30-15-10-8-11-16-30)31-17-12-9-13-18-31/h8-13,15-18,28-29,33H,14,19-23,25-27,47H2,1-7H3/t28?,29-,33+,43+,44+/m1/s1/i1D3. The highest BCUT2D eigenvalue weighted by Gasteiger charge is 2.54. The molecule has 1 aliphatic carbocycles. The molecule has 316 valence electrons. The number of aryl methyl sites for hydroxylation is 1. The summed E-state index contributed by atoms with van der Waals surface area (Å²) in [6.45, 7) is 9.24. The molecule has 16 heteroatoms. The van der Waals surface area contributed by atoms with Gasteiger partial charge in [-0.2, -0.15) is 25.2 Å². The second kappa shape index (κ2) is 16.2. The molecule has 2 aromatic carbocycles. The van der Waals surface area contributed by atoms with Crippen LogP contribution in [0.3, 0.4) is 0 Å². The summed E-state index contributed by atoms with van der Waals surface area (Å²) in [6.07, 6.45) is -0.497. The van der Waals surface area contributed by atoms with E-state index in [1.54, 1.807) is 11.9 Å². The maximum Gasteiger partial charge on any atom is 0.322 e. The summed E-state index contributed by atoms with van der Waals surface area (Å²) in [4.78, 5) is 23.7. The monoisotopic (exact) mass is 854 g/mol. The highest BCUT2D eigenvalue weighted by atomic mass is 32.1. The Morgan fingerprint density at radius 2 is 1.78 bits per heavy atom. The highest BCUT2D eigenvalue weighted by molar-refractivity contribution is 7.16. The van der Waals surface area contributed by atoms with E-state index in [1.807, 2.05) is 55.1 Å². The van der Waals surface area contributed by atoms with Crippen LogP contribution in [0.5, 0.6) is 6.01 Å². The van der Waals surface area contributed by atoms with E-state index in [0.717, 1.165) is 33.7 Å². The smallest absolute Gasteiger partial charge is 0.322 e. The van der Waals surface area contributed by atoms with Gasteiger partial charge in [-0.15, -0.1) is 11.3 Å². The van der Waals surface area contributed by atoms with Gasteiger partial charge in [-0.05, 0) is 68.8 Å². The van der Waals surface area contributed by atoms with Crippen LogP contribution in [0.15, 0.2) is 65.2 Å². The van der Waals surface area contributed by atoms with Gasteiger partial charge in [0.25, 0.3) is 8.32 Å². The van der Waals surface area contributed by atoms with E-state index in [1.165, 1.54) is 11.3 Å². The summed E-state index contributed by atoms with van der Waals surface area (Å²) < 4.78 is 66.5. The SMILES string of the molecule is [2H]C([2H])([2H])C(Oc1nc(-c2noc([C@@]3(C)CCCc4sc(N)c(C#N)c43)n2)nc(N2CCOC[C@@](C)(O[Si](c3ccccc3)(c3ccccc3)C(C)(C)C)C2)n1)[C@@H]1C[C@@H](F)CN1C. The van der Waals surface area contributed by atoms with E-state index >= 15 is 0 Å². The number of likely N-dealkylation sites (N-methyl/N-ethyl adjacent to an activating group) is 1. The van der Waals surface area contributed by atoms with Crippen molar-refractivity contribution in [3.8, 4) is 23.7 Å². The summed E-state index contributed by atoms with van der Waals surface area (Å²) in [5.74, 6) is 0.397. The van der Waals surface area contributed by atoms with Gasteiger partial charge in [0, 0.05) is 33.7 Å². The lowest BCUT2D eigenvalue weighted by Gasteiger charge is -2.48. The molecule has 2 saturated heterocycles. The number of aromatic nitrogens is 5. The van der Waals surface area contributed by atoms with E-state index in [2.05, 4.69) is 61.2 Å². The van der Waals surface area contributed by atoms with Crippen molar-refractivity contribution in [3.63, 3.8) is 0 Å². The van der Waals surface area contributed by atoms with Crippen LogP contribution in [0.1, 0.15) is 86.7 Å². The van der Waals surface area contributed by atoms with Crippen molar-refractivity contribution in [2.45, 2.75) is 102 Å². The first-order valence-electron chi connectivity index (χ1n) is 21.9. The second-order valence-corrected chi connectivity index (χ2v) is 23.0. The number of likely N-dealkylation sites (tertiary alicyclic amines) is 1. The van der Waals surface area contributed by atoms with Gasteiger partial charge in [0.05, 0.1) is 36.3 Å². The molecule has 5 atom stereocenters. The Hall–Kier alpha value is -4.79. The first-order valence-corrected chi connectivity index (χ1v) is 23.1. The number of nitriles is 1. The quantitative estimate of drug-likeness (QED) is 0.162. The van der Waals surface area contributed by atoms with E-state index < -0.39 is 44.5 Å². The lowest BCUT2D eigenvalue weighted by atomic mass is 9.72. The highest BCUT2D eigenvalue weighted by Crippen LogP contribution is 2.49. The Morgan fingerprint density at radius 1 is 1.07 bits per heavy atom. The lowest BCUT2D eigenvalue weighted by Crippen LogP contribution is -2.70. The van der Waals surface area contributed by atoms with Crippen LogP contribution in [-0.4, -0.2) is 102 Å². The van der Waals surface area contributed by atoms with Crippen LogP contribution in [0.25, 0.3) is 11.6 Å². The zero-order valence-electron chi connectivity index (χ0n) is 37.9. The van der Waals surface area contributed by atoms with Gasteiger partial charge in [0.15, 0.2) is 0 Å². The van der Waals surface area contributed by atoms with Gasteiger partial charge in [-0.1, -0.05) is 86.6 Å². The van der Waals surface area contributed by atoms with Crippen molar-refractivity contribution >= 4 is 41.0 Å². The van der Waals surface area contributed by atoms with Gasteiger partial charge in [0.1, 0.15) is 23.3 Å². The molecular weight excluding hydrogens is 798 g/mol. The zero-order valence-corrected chi connectivity index (χ0v) is 36.8. The summed E-state index contributed by atoms with van der Waals surface area (Å²) in [6, 6.07) is 21.9. The van der Waals surface area contributed by atoms with E-state index in [9.17, 15) is 9.65 Å². The van der Waals surface area contributed by atoms with Crippen LogP contribution in [0.4, 0.5) is 15.3 Å². The Labute approximate surface area is 360 Å². The number of hydrogen-bond acceptors (Lipinski definition) is 14. The first-order chi connectivity index (χ1) is 29.8. The summed E-state index contributed by atoms with van der Waals surface area (Å²) in [5.41, 5.74) is 5.76. The van der Waals surface area contributed by atoms with Gasteiger partial charge in [-0.3, -0.25) is 4.90 Å². The molecule has 0 amide bonds. The van der Waals surface area contributed by atoms with Gasteiger partial charge in [0.2, 0.25) is 23.5 Å². The third-order valence-electron chi connectivity index (χ3n) is 12.1. The number of thiophene rings is 1. The Bertz CT molecular complexity index is 2430. The van der Waals surface area contributed by atoms with Crippen molar-refractivity contribution in [1.82, 2.24) is 30.0 Å². The Morgan fingerprint density at radius 3 is 2.42 bits per heavy atom. The molecular formula is C44H54FN9O4SSi. The summed E-state index contributed by atoms with van der Waals surface area (Å²) in [7, 11) is -1.42. The van der Waals surface area contributed by atoms with E-state index in [4.69, 9.17) is 43.2 Å². The first kappa shape index (κ1) is 38.2. The molecule has 0 bridgehead atoms. The minimum atomic E-state index is -3.10. The van der Waals surface area contributed by atoms with Gasteiger partial charge in [-0.25, -0.2) is 4.39 Å². The molecule has 5 aromatic rings. The van der Waals surface area contributed by atoms with Crippen molar-refractivity contribution in [3.05, 3.63) is 82.6 Å². The second-order valence-electron chi connectivity index (χ2n) is 17.7. The number of hydrogen-bond donors (Lipinski definition) is 1. The van der Waals surface area contributed by atoms with Crippen LogP contribution in [0.2, 0.25) is 5.04 Å². The molecule has 1 unspecified atom stereocenters.